The van der Waals surface area contributed by atoms with E-state index in [9.17, 15) is 4.79 Å². The van der Waals surface area contributed by atoms with Crippen LogP contribution in [0.3, 0.4) is 0 Å². The van der Waals surface area contributed by atoms with Crippen molar-refractivity contribution in [2.75, 3.05) is 6.54 Å². The molecule has 0 fully saturated rings. The van der Waals surface area contributed by atoms with E-state index in [2.05, 4.69) is 5.43 Å². The lowest BCUT2D eigenvalue weighted by atomic mass is 10.2. The molecule has 0 aromatic heterocycles. The van der Waals surface area contributed by atoms with Crippen molar-refractivity contribution in [3.63, 3.8) is 0 Å². The van der Waals surface area contributed by atoms with Crippen molar-refractivity contribution in [1.29, 1.82) is 0 Å². The van der Waals surface area contributed by atoms with Gasteiger partial charge in [0.2, 0.25) is 0 Å². The van der Waals surface area contributed by atoms with Crippen LogP contribution in [0.2, 0.25) is 0 Å². The first kappa shape index (κ1) is 11.4. The standard InChI is InChI=1S/C7H17N3O2/c1-7(2,3)12-6(11)5(8)4-10-9/h5,10H,4,8-9H2,1-3H3. The van der Waals surface area contributed by atoms with Gasteiger partial charge in [0.05, 0.1) is 0 Å². The summed E-state index contributed by atoms with van der Waals surface area (Å²) in [6.07, 6.45) is 0. The van der Waals surface area contributed by atoms with Gasteiger partial charge in [0.15, 0.2) is 0 Å². The van der Waals surface area contributed by atoms with Crippen molar-refractivity contribution < 1.29 is 9.53 Å². The number of nitrogens with one attached hydrogen (secondary N) is 1. The van der Waals surface area contributed by atoms with Crippen molar-refractivity contribution in [3.8, 4) is 0 Å². The van der Waals surface area contributed by atoms with Crippen LogP contribution < -0.4 is 17.0 Å². The number of hydrogen-bond donors (Lipinski definition) is 3. The summed E-state index contributed by atoms with van der Waals surface area (Å²) >= 11 is 0. The van der Waals surface area contributed by atoms with Gasteiger partial charge in [0.1, 0.15) is 11.6 Å². The summed E-state index contributed by atoms with van der Waals surface area (Å²) in [7, 11) is 0. The highest BCUT2D eigenvalue weighted by Gasteiger charge is 2.21. The van der Waals surface area contributed by atoms with Crippen LogP contribution in [0.1, 0.15) is 20.8 Å². The van der Waals surface area contributed by atoms with E-state index in [1.807, 2.05) is 0 Å². The van der Waals surface area contributed by atoms with Crippen molar-refractivity contribution >= 4 is 5.97 Å². The van der Waals surface area contributed by atoms with E-state index in [1.165, 1.54) is 0 Å². The minimum Gasteiger partial charge on any atom is -0.459 e. The highest BCUT2D eigenvalue weighted by atomic mass is 16.6. The molecule has 0 amide bonds. The fourth-order valence-corrected chi connectivity index (χ4v) is 0.588. The maximum absolute atomic E-state index is 11.1. The van der Waals surface area contributed by atoms with Gasteiger partial charge in [-0.05, 0) is 20.8 Å². The average Bonchev–Trinajstić information content (AvgIpc) is 1.84. The zero-order valence-corrected chi connectivity index (χ0v) is 7.76. The van der Waals surface area contributed by atoms with E-state index in [0.717, 1.165) is 0 Å². The summed E-state index contributed by atoms with van der Waals surface area (Å²) in [4.78, 5) is 11.1. The van der Waals surface area contributed by atoms with Crippen LogP contribution >= 0.6 is 0 Å². The van der Waals surface area contributed by atoms with Crippen molar-refractivity contribution in [1.82, 2.24) is 5.43 Å². The van der Waals surface area contributed by atoms with E-state index in [-0.39, 0.29) is 6.54 Å². The molecule has 0 spiro atoms. The number of carbonyl (C=O) groups is 1. The number of nitrogens with two attached hydrogens (primary N) is 2. The Labute approximate surface area is 72.4 Å². The molecule has 0 aliphatic rings. The Morgan fingerprint density at radius 2 is 2.08 bits per heavy atom. The molecule has 0 aromatic carbocycles. The monoisotopic (exact) mass is 175 g/mol. The minimum atomic E-state index is -0.700. The predicted molar refractivity (Wildman–Crippen MR) is 46.0 cm³/mol. The second-order valence-corrected chi connectivity index (χ2v) is 3.55. The first-order valence-corrected chi connectivity index (χ1v) is 3.78. The van der Waals surface area contributed by atoms with E-state index >= 15 is 0 Å². The van der Waals surface area contributed by atoms with Crippen LogP contribution in [0.15, 0.2) is 0 Å². The third kappa shape index (κ3) is 5.06. The van der Waals surface area contributed by atoms with E-state index in [0.29, 0.717) is 0 Å². The molecule has 5 N–H and O–H groups in total. The van der Waals surface area contributed by atoms with Crippen LogP contribution in [0.5, 0.6) is 0 Å². The third-order valence-electron chi connectivity index (χ3n) is 1.05. The number of hydrogen-bond acceptors (Lipinski definition) is 5. The Balaban J connectivity index is 3.87. The number of ether oxygens (including phenoxy) is 1. The van der Waals surface area contributed by atoms with Crippen LogP contribution in [0.4, 0.5) is 0 Å². The molecule has 0 radical (unpaired) electrons. The summed E-state index contributed by atoms with van der Waals surface area (Å²) in [6.45, 7) is 5.57. The summed E-state index contributed by atoms with van der Waals surface area (Å²) in [6, 6.07) is -0.700. The Bertz CT molecular complexity index is 153. The second-order valence-electron chi connectivity index (χ2n) is 3.55. The number of hydrazine groups is 1. The second kappa shape index (κ2) is 4.39. The summed E-state index contributed by atoms with van der Waals surface area (Å²) in [5, 5.41) is 0. The van der Waals surface area contributed by atoms with Gasteiger partial charge in [-0.15, -0.1) is 0 Å². The molecular weight excluding hydrogens is 158 g/mol. The largest absolute Gasteiger partial charge is 0.459 e. The average molecular weight is 175 g/mol. The van der Waals surface area contributed by atoms with Crippen LogP contribution in [0.25, 0.3) is 0 Å². The lowest BCUT2D eigenvalue weighted by molar-refractivity contribution is -0.156. The molecule has 72 valence electrons. The topological polar surface area (TPSA) is 90.4 Å². The van der Waals surface area contributed by atoms with Crippen LogP contribution in [-0.4, -0.2) is 24.2 Å². The molecule has 0 rings (SSSR count). The fourth-order valence-electron chi connectivity index (χ4n) is 0.588. The zero-order chi connectivity index (χ0) is 9.78. The molecule has 0 aromatic rings. The molecule has 12 heavy (non-hydrogen) atoms. The molecule has 5 heteroatoms. The van der Waals surface area contributed by atoms with Crippen molar-refractivity contribution in [2.45, 2.75) is 32.4 Å². The molecule has 1 atom stereocenters. The molecule has 1 unspecified atom stereocenters. The fraction of sp³-hybridized carbons (Fsp3) is 0.857. The third-order valence-corrected chi connectivity index (χ3v) is 1.05. The van der Waals surface area contributed by atoms with E-state index < -0.39 is 17.6 Å². The zero-order valence-electron chi connectivity index (χ0n) is 7.76. The summed E-state index contributed by atoms with van der Waals surface area (Å²) < 4.78 is 4.99. The number of esters is 1. The first-order chi connectivity index (χ1) is 5.37. The molecular formula is C7H17N3O2. The number of rotatable bonds is 3. The molecule has 0 heterocycles. The highest BCUT2D eigenvalue weighted by Crippen LogP contribution is 2.07. The Hall–Kier alpha value is -0.650. The maximum Gasteiger partial charge on any atom is 0.324 e. The van der Waals surface area contributed by atoms with Gasteiger partial charge in [-0.3, -0.25) is 16.1 Å². The smallest absolute Gasteiger partial charge is 0.324 e. The van der Waals surface area contributed by atoms with Crippen LogP contribution in [-0.2, 0) is 9.53 Å². The van der Waals surface area contributed by atoms with Gasteiger partial charge >= 0.3 is 5.97 Å². The molecule has 0 bridgehead atoms. The molecule has 0 aliphatic heterocycles. The predicted octanol–water partition coefficient (Wildman–Crippen LogP) is -0.881. The van der Waals surface area contributed by atoms with Gasteiger partial charge in [0, 0.05) is 6.54 Å². The van der Waals surface area contributed by atoms with Gasteiger partial charge < -0.3 is 10.5 Å². The quantitative estimate of drug-likeness (QED) is 0.294. The number of carbonyl (C=O) groups excluding carboxylic acids is 1. The van der Waals surface area contributed by atoms with E-state index in [4.69, 9.17) is 16.3 Å². The lowest BCUT2D eigenvalue weighted by Crippen LogP contribution is -2.45. The Kier molecular flexibility index (Phi) is 4.16. The van der Waals surface area contributed by atoms with Crippen LogP contribution in [0, 0.1) is 0 Å². The van der Waals surface area contributed by atoms with Gasteiger partial charge in [-0.25, -0.2) is 0 Å². The van der Waals surface area contributed by atoms with Gasteiger partial charge in [-0.2, -0.15) is 0 Å². The summed E-state index contributed by atoms with van der Waals surface area (Å²) in [5.74, 6) is 4.55. The van der Waals surface area contributed by atoms with Crippen molar-refractivity contribution in [3.05, 3.63) is 0 Å². The van der Waals surface area contributed by atoms with Crippen molar-refractivity contribution in [2.24, 2.45) is 11.6 Å². The van der Waals surface area contributed by atoms with E-state index in [1.54, 1.807) is 20.8 Å². The normalized spacial score (nSPS) is 14.1. The highest BCUT2D eigenvalue weighted by molar-refractivity contribution is 5.76. The maximum atomic E-state index is 11.1. The molecule has 0 aliphatic carbocycles. The molecule has 0 saturated heterocycles. The SMILES string of the molecule is CC(C)(C)OC(=O)C(N)CNN. The molecule has 0 saturated carbocycles. The Morgan fingerprint density at radius 1 is 1.58 bits per heavy atom. The van der Waals surface area contributed by atoms with Gasteiger partial charge in [-0.1, -0.05) is 0 Å². The van der Waals surface area contributed by atoms with Gasteiger partial charge in [0.25, 0.3) is 0 Å². The lowest BCUT2D eigenvalue weighted by Gasteiger charge is -2.21. The minimum absolute atomic E-state index is 0.217. The molecule has 5 nitrogen and oxygen atoms in total. The Morgan fingerprint density at radius 3 is 2.42 bits per heavy atom. The summed E-state index contributed by atoms with van der Waals surface area (Å²) in [5.41, 5.74) is 7.23. The first-order valence-electron chi connectivity index (χ1n) is 3.78.